The maximum Gasteiger partial charge on any atom is 0.472 e. The van der Waals surface area contributed by atoms with E-state index < -0.39 is 13.9 Å². The number of esters is 1. The zero-order valence-corrected chi connectivity index (χ0v) is 40.7. The molecule has 3 N–H and O–H groups in total. The molecule has 0 aromatic heterocycles. The Kier molecular flexibility index (Phi) is 47.8. The molecule has 0 spiro atoms. The van der Waals surface area contributed by atoms with Gasteiger partial charge in [-0.15, -0.1) is 0 Å². The highest BCUT2D eigenvalue weighted by Gasteiger charge is 2.25. The second-order valence-corrected chi connectivity index (χ2v) is 17.7. The zero-order chi connectivity index (χ0) is 45.1. The summed E-state index contributed by atoms with van der Waals surface area (Å²) in [7, 11) is -4.29. The van der Waals surface area contributed by atoms with Crippen LogP contribution in [0, 0.1) is 0 Å². The quantitative estimate of drug-likeness (QED) is 0.0269. The topological polar surface area (TPSA) is 117 Å². The minimum Gasteiger partial charge on any atom is -0.457 e. The SMILES string of the molecule is CC/C=C\C/C=C\C/C=C\C/C=C\CCCCCCCCCCC(=O)OC(COCCCCCCCCC/C=C\C/C=C\C/C=C\CCCCCCC)COP(=O)(O)OCCN. The van der Waals surface area contributed by atoms with E-state index in [1.165, 1.54) is 96.3 Å². The Labute approximate surface area is 381 Å². The highest BCUT2D eigenvalue weighted by atomic mass is 31.2. The molecular formula is C53H94NO7P. The van der Waals surface area contributed by atoms with Gasteiger partial charge in [0.15, 0.2) is 0 Å². The standard InChI is InChI=1S/C53H94NO7P/c1-3-5-7-9-11-13-15-17-19-21-23-25-27-29-31-33-35-37-39-41-43-45-48-58-50-52(51-60-62(56,57)59-49-47-54)61-53(55)46-44-42-40-38-36-34-32-30-28-26-24-22-20-18-16-14-12-10-8-6-4-2/h6,8,12,14-15,17-18,20-21,23-24,26-27,29,52H,3-5,7,9-11,13,16,19,22,25,28,30-51,54H2,1-2H3,(H,56,57)/b8-6-,14-12-,17-15-,20-18-,23-21-,26-24-,29-27-. The number of ether oxygens (including phenoxy) is 2. The molecule has 2 atom stereocenters. The molecule has 0 aliphatic rings. The number of phosphoric ester groups is 1. The van der Waals surface area contributed by atoms with Crippen molar-refractivity contribution in [3.8, 4) is 0 Å². The summed E-state index contributed by atoms with van der Waals surface area (Å²) in [4.78, 5) is 22.6. The van der Waals surface area contributed by atoms with Crippen LogP contribution in [-0.4, -0.2) is 49.9 Å². The van der Waals surface area contributed by atoms with E-state index in [4.69, 9.17) is 24.3 Å². The van der Waals surface area contributed by atoms with E-state index in [9.17, 15) is 14.3 Å². The first-order chi connectivity index (χ1) is 30.4. The van der Waals surface area contributed by atoms with Crippen LogP contribution in [0.15, 0.2) is 85.1 Å². The summed E-state index contributed by atoms with van der Waals surface area (Å²) < 4.78 is 33.6. The molecule has 0 aliphatic carbocycles. The maximum atomic E-state index is 12.7. The molecule has 0 rings (SSSR count). The van der Waals surface area contributed by atoms with Gasteiger partial charge in [-0.25, -0.2) is 4.57 Å². The molecule has 358 valence electrons. The highest BCUT2D eigenvalue weighted by Crippen LogP contribution is 2.43. The number of carbonyl (C=O) groups excluding carboxylic acids is 1. The van der Waals surface area contributed by atoms with Gasteiger partial charge in [0.05, 0.1) is 19.8 Å². The molecule has 0 heterocycles. The Bertz CT molecular complexity index is 1220. The van der Waals surface area contributed by atoms with Crippen molar-refractivity contribution in [2.24, 2.45) is 5.73 Å². The van der Waals surface area contributed by atoms with Crippen LogP contribution in [0.2, 0.25) is 0 Å². The van der Waals surface area contributed by atoms with Crippen LogP contribution in [0.4, 0.5) is 0 Å². The summed E-state index contributed by atoms with van der Waals surface area (Å²) in [6.07, 6.45) is 64.6. The number of carbonyl (C=O) groups is 1. The Morgan fingerprint density at radius 3 is 1.35 bits per heavy atom. The molecule has 2 unspecified atom stereocenters. The molecule has 9 heteroatoms. The van der Waals surface area contributed by atoms with Crippen molar-refractivity contribution >= 4 is 13.8 Å². The van der Waals surface area contributed by atoms with E-state index in [2.05, 4.69) is 98.9 Å². The smallest absolute Gasteiger partial charge is 0.457 e. The van der Waals surface area contributed by atoms with Gasteiger partial charge in [0.2, 0.25) is 0 Å². The van der Waals surface area contributed by atoms with Gasteiger partial charge < -0.3 is 20.1 Å². The van der Waals surface area contributed by atoms with E-state index in [0.717, 1.165) is 89.9 Å². The third-order valence-corrected chi connectivity index (χ3v) is 11.3. The van der Waals surface area contributed by atoms with Crippen LogP contribution in [0.25, 0.3) is 0 Å². The van der Waals surface area contributed by atoms with Crippen LogP contribution in [-0.2, 0) is 27.9 Å². The largest absolute Gasteiger partial charge is 0.472 e. The van der Waals surface area contributed by atoms with E-state index in [1.54, 1.807) is 0 Å². The van der Waals surface area contributed by atoms with Gasteiger partial charge >= 0.3 is 13.8 Å². The predicted octanol–water partition coefficient (Wildman–Crippen LogP) is 15.6. The van der Waals surface area contributed by atoms with Crippen LogP contribution >= 0.6 is 7.82 Å². The number of rotatable bonds is 47. The maximum absolute atomic E-state index is 12.7. The Hall–Kier alpha value is -2.32. The first-order valence-electron chi connectivity index (χ1n) is 25.1. The van der Waals surface area contributed by atoms with Crippen molar-refractivity contribution in [2.75, 3.05) is 33.0 Å². The predicted molar refractivity (Wildman–Crippen MR) is 265 cm³/mol. The number of unbranched alkanes of at least 4 members (excludes halogenated alkanes) is 20. The average molecular weight is 888 g/mol. The monoisotopic (exact) mass is 888 g/mol. The van der Waals surface area contributed by atoms with Crippen molar-refractivity contribution in [1.29, 1.82) is 0 Å². The average Bonchev–Trinajstić information content (AvgIpc) is 3.26. The highest BCUT2D eigenvalue weighted by molar-refractivity contribution is 7.47. The third-order valence-electron chi connectivity index (χ3n) is 10.3. The third kappa shape index (κ3) is 48.7. The summed E-state index contributed by atoms with van der Waals surface area (Å²) in [6.45, 7) is 4.76. The summed E-state index contributed by atoms with van der Waals surface area (Å²) >= 11 is 0. The van der Waals surface area contributed by atoms with Crippen molar-refractivity contribution in [1.82, 2.24) is 0 Å². The molecule has 8 nitrogen and oxygen atoms in total. The molecule has 0 fully saturated rings. The Balaban J connectivity index is 4.02. The van der Waals surface area contributed by atoms with Crippen molar-refractivity contribution < 1.29 is 32.8 Å². The molecule has 0 saturated carbocycles. The number of hydrogen-bond donors (Lipinski definition) is 2. The Morgan fingerprint density at radius 2 is 0.903 bits per heavy atom. The normalized spacial score (nSPS) is 14.1. The molecule has 0 radical (unpaired) electrons. The number of hydrogen-bond acceptors (Lipinski definition) is 7. The second-order valence-electron chi connectivity index (χ2n) is 16.3. The summed E-state index contributed by atoms with van der Waals surface area (Å²) in [5.74, 6) is -0.344. The molecule has 0 aromatic rings. The van der Waals surface area contributed by atoms with E-state index in [1.807, 2.05) is 0 Å². The summed E-state index contributed by atoms with van der Waals surface area (Å²) in [5, 5.41) is 0. The molecule has 0 bridgehead atoms. The lowest BCUT2D eigenvalue weighted by Gasteiger charge is -2.20. The van der Waals surface area contributed by atoms with Gasteiger partial charge in [0.1, 0.15) is 6.10 Å². The first kappa shape index (κ1) is 59.7. The fraction of sp³-hybridized carbons (Fsp3) is 0.717. The number of allylic oxidation sites excluding steroid dienone is 14. The van der Waals surface area contributed by atoms with Crippen molar-refractivity contribution in [3.63, 3.8) is 0 Å². The number of nitrogens with two attached hydrogens (primary N) is 1. The van der Waals surface area contributed by atoms with Crippen LogP contribution in [0.5, 0.6) is 0 Å². The van der Waals surface area contributed by atoms with Crippen LogP contribution < -0.4 is 5.73 Å². The molecule has 0 aromatic carbocycles. The lowest BCUT2D eigenvalue weighted by molar-refractivity contribution is -0.154. The van der Waals surface area contributed by atoms with Gasteiger partial charge in [-0.05, 0) is 89.9 Å². The second kappa shape index (κ2) is 49.7. The van der Waals surface area contributed by atoms with Crippen molar-refractivity contribution in [3.05, 3.63) is 85.1 Å². The molecule has 0 aliphatic heterocycles. The van der Waals surface area contributed by atoms with Gasteiger partial charge in [-0.2, -0.15) is 0 Å². The lowest BCUT2D eigenvalue weighted by atomic mass is 10.1. The van der Waals surface area contributed by atoms with Gasteiger partial charge in [0.25, 0.3) is 0 Å². The first-order valence-corrected chi connectivity index (χ1v) is 26.6. The molecule has 0 amide bonds. The summed E-state index contributed by atoms with van der Waals surface area (Å²) in [5.41, 5.74) is 5.39. The van der Waals surface area contributed by atoms with Gasteiger partial charge in [0, 0.05) is 19.6 Å². The van der Waals surface area contributed by atoms with E-state index in [-0.39, 0.29) is 32.3 Å². The van der Waals surface area contributed by atoms with Gasteiger partial charge in [-0.3, -0.25) is 13.8 Å². The lowest BCUT2D eigenvalue weighted by Crippen LogP contribution is -2.28. The number of phosphoric acid groups is 1. The minimum absolute atomic E-state index is 0.0927. The molecule has 62 heavy (non-hydrogen) atoms. The van der Waals surface area contributed by atoms with E-state index >= 15 is 0 Å². The van der Waals surface area contributed by atoms with Crippen LogP contribution in [0.1, 0.15) is 206 Å². The zero-order valence-electron chi connectivity index (χ0n) is 39.8. The van der Waals surface area contributed by atoms with E-state index in [0.29, 0.717) is 13.0 Å². The molecular weight excluding hydrogens is 794 g/mol. The minimum atomic E-state index is -4.29. The molecule has 0 saturated heterocycles. The fourth-order valence-electron chi connectivity index (χ4n) is 6.64. The Morgan fingerprint density at radius 1 is 0.500 bits per heavy atom. The van der Waals surface area contributed by atoms with Gasteiger partial charge in [-0.1, -0.05) is 195 Å². The van der Waals surface area contributed by atoms with Crippen LogP contribution in [0.3, 0.4) is 0 Å². The van der Waals surface area contributed by atoms with Crippen molar-refractivity contribution in [2.45, 2.75) is 213 Å². The fourth-order valence-corrected chi connectivity index (χ4v) is 7.41. The summed E-state index contributed by atoms with van der Waals surface area (Å²) in [6, 6.07) is 0.